The molecule has 3 aromatic rings. The second-order valence-electron chi connectivity index (χ2n) is 10.8. The number of aryl methyl sites for hydroxylation is 1. The van der Waals surface area contributed by atoms with Gasteiger partial charge in [-0.05, 0) is 51.0 Å². The molecule has 2 aliphatic rings. The molecule has 2 aliphatic heterocycles. The Labute approximate surface area is 228 Å². The fraction of sp³-hybridized carbons (Fsp3) is 0.577. The quantitative estimate of drug-likeness (QED) is 0.444. The summed E-state index contributed by atoms with van der Waals surface area (Å²) in [5, 5.41) is 10.6. The number of piperazine rings is 1. The third kappa shape index (κ3) is 6.53. The van der Waals surface area contributed by atoms with Crippen molar-refractivity contribution in [2.45, 2.75) is 51.7 Å². The molecule has 0 amide bonds. The number of piperidine rings is 1. The van der Waals surface area contributed by atoms with E-state index in [1.807, 2.05) is 31.5 Å². The van der Waals surface area contributed by atoms with Crippen LogP contribution in [0.1, 0.15) is 38.7 Å². The summed E-state index contributed by atoms with van der Waals surface area (Å²) in [5.41, 5.74) is 2.04. The predicted molar refractivity (Wildman–Crippen MR) is 151 cm³/mol. The molecule has 5 rings (SSSR count). The van der Waals surface area contributed by atoms with Crippen LogP contribution in [-0.2, 0) is 10.0 Å². The SMILES string of the molecule is Cc1cnc(N2CCC(Oc3nc4ccc(N5CCN(S(=O)(=O)CCC(C)(C)O)CC5)cc4s3)CC2)nc1. The van der Waals surface area contributed by atoms with Crippen LogP contribution >= 0.6 is 11.3 Å². The van der Waals surface area contributed by atoms with E-state index in [1.54, 1.807) is 29.5 Å². The van der Waals surface area contributed by atoms with Gasteiger partial charge in [0.2, 0.25) is 16.0 Å². The Hall–Kier alpha value is -2.54. The van der Waals surface area contributed by atoms with Crippen molar-refractivity contribution in [3.05, 3.63) is 36.2 Å². The van der Waals surface area contributed by atoms with Crippen molar-refractivity contribution >= 4 is 43.2 Å². The van der Waals surface area contributed by atoms with E-state index >= 15 is 0 Å². The zero-order valence-corrected chi connectivity index (χ0v) is 23.8. The number of anilines is 2. The lowest BCUT2D eigenvalue weighted by Crippen LogP contribution is -2.49. The molecule has 12 heteroatoms. The van der Waals surface area contributed by atoms with Gasteiger partial charge in [-0.15, -0.1) is 0 Å². The van der Waals surface area contributed by atoms with Crippen molar-refractivity contribution < 1.29 is 18.3 Å². The highest BCUT2D eigenvalue weighted by Crippen LogP contribution is 2.33. The van der Waals surface area contributed by atoms with E-state index in [1.165, 1.54) is 0 Å². The fourth-order valence-electron chi connectivity index (χ4n) is 4.74. The average molecular weight is 561 g/mol. The number of ether oxygens (including phenoxy) is 1. The van der Waals surface area contributed by atoms with Gasteiger partial charge in [-0.3, -0.25) is 0 Å². The molecule has 0 spiro atoms. The lowest BCUT2D eigenvalue weighted by molar-refractivity contribution is 0.0768. The van der Waals surface area contributed by atoms with E-state index in [-0.39, 0.29) is 18.3 Å². The first-order valence-corrected chi connectivity index (χ1v) is 15.5. The highest BCUT2D eigenvalue weighted by atomic mass is 32.2. The van der Waals surface area contributed by atoms with E-state index in [0.29, 0.717) is 31.4 Å². The Kier molecular flexibility index (Phi) is 7.77. The first-order chi connectivity index (χ1) is 18.1. The second kappa shape index (κ2) is 10.9. The molecule has 2 fully saturated rings. The van der Waals surface area contributed by atoms with Gasteiger partial charge >= 0.3 is 0 Å². The second-order valence-corrected chi connectivity index (χ2v) is 13.8. The van der Waals surface area contributed by atoms with Crippen LogP contribution in [0.25, 0.3) is 10.2 Å². The normalized spacial score (nSPS) is 18.3. The number of hydrogen-bond acceptors (Lipinski definition) is 10. The predicted octanol–water partition coefficient (Wildman–Crippen LogP) is 3.06. The molecule has 0 atom stereocenters. The van der Waals surface area contributed by atoms with Crippen LogP contribution in [0.2, 0.25) is 0 Å². The van der Waals surface area contributed by atoms with Crippen molar-refractivity contribution in [1.82, 2.24) is 19.3 Å². The fourth-order valence-corrected chi connectivity index (χ4v) is 7.39. The topological polar surface area (TPSA) is 112 Å². The van der Waals surface area contributed by atoms with E-state index in [2.05, 4.69) is 25.8 Å². The molecule has 2 saturated heterocycles. The largest absolute Gasteiger partial charge is 0.467 e. The first kappa shape index (κ1) is 27.0. The van der Waals surface area contributed by atoms with Gasteiger partial charge in [-0.1, -0.05) is 11.3 Å². The summed E-state index contributed by atoms with van der Waals surface area (Å²) in [6.07, 6.45) is 5.82. The molecule has 4 heterocycles. The Morgan fingerprint density at radius 3 is 2.39 bits per heavy atom. The molecule has 0 radical (unpaired) electrons. The van der Waals surface area contributed by atoms with E-state index < -0.39 is 15.6 Å². The minimum atomic E-state index is -3.38. The van der Waals surface area contributed by atoms with Gasteiger partial charge in [0.15, 0.2) is 0 Å². The van der Waals surface area contributed by atoms with Crippen LogP contribution in [0.15, 0.2) is 30.6 Å². The van der Waals surface area contributed by atoms with E-state index in [0.717, 1.165) is 53.3 Å². The van der Waals surface area contributed by atoms with Gasteiger partial charge in [-0.25, -0.2) is 23.4 Å². The zero-order chi connectivity index (χ0) is 26.9. The monoisotopic (exact) mass is 560 g/mol. The molecular weight excluding hydrogens is 524 g/mol. The zero-order valence-electron chi connectivity index (χ0n) is 22.2. The van der Waals surface area contributed by atoms with Crippen molar-refractivity contribution in [3.63, 3.8) is 0 Å². The molecule has 2 aromatic heterocycles. The van der Waals surface area contributed by atoms with Crippen molar-refractivity contribution in [3.8, 4) is 5.19 Å². The smallest absolute Gasteiger partial charge is 0.274 e. The number of fused-ring (bicyclic) bond motifs is 1. The molecule has 0 unspecified atom stereocenters. The summed E-state index contributed by atoms with van der Waals surface area (Å²) in [5.74, 6) is 0.735. The van der Waals surface area contributed by atoms with Gasteiger partial charge in [0.05, 0.1) is 21.6 Å². The molecule has 10 nitrogen and oxygen atoms in total. The summed E-state index contributed by atoms with van der Waals surface area (Å²) in [7, 11) is -3.38. The third-order valence-electron chi connectivity index (χ3n) is 7.08. The van der Waals surface area contributed by atoms with Crippen LogP contribution in [0, 0.1) is 6.92 Å². The van der Waals surface area contributed by atoms with Gasteiger partial charge in [0.1, 0.15) is 6.10 Å². The summed E-state index contributed by atoms with van der Waals surface area (Å²) >= 11 is 1.55. The van der Waals surface area contributed by atoms with Gasteiger partial charge < -0.3 is 19.6 Å². The standard InChI is InChI=1S/C26H36N6O4S2/c1-19-17-27-24(28-18-19)31-9-6-21(7-10-31)36-25-29-22-5-4-20(16-23(22)37-25)30-11-13-32(14-12-30)38(34,35)15-8-26(2,3)33/h4-5,16-18,21,33H,6-15H2,1-3H3. The molecular formula is C26H36N6O4S2. The third-order valence-corrected chi connectivity index (χ3v) is 9.86. The first-order valence-electron chi connectivity index (χ1n) is 13.1. The lowest BCUT2D eigenvalue weighted by atomic mass is 10.1. The molecule has 1 N–H and O–H groups in total. The van der Waals surface area contributed by atoms with Gasteiger partial charge in [0.25, 0.3) is 5.19 Å². The number of sulfonamides is 1. The molecule has 0 aliphatic carbocycles. The summed E-state index contributed by atoms with van der Waals surface area (Å²) in [6.45, 7) is 9.09. The Bertz CT molecular complexity index is 1340. The number of aliphatic hydroxyl groups is 1. The van der Waals surface area contributed by atoms with Gasteiger partial charge in [0, 0.05) is 70.2 Å². The van der Waals surface area contributed by atoms with Crippen LogP contribution in [0.3, 0.4) is 0 Å². The molecule has 1 aromatic carbocycles. The van der Waals surface area contributed by atoms with Gasteiger partial charge in [-0.2, -0.15) is 4.31 Å². The Balaban J connectivity index is 1.15. The van der Waals surface area contributed by atoms with Crippen molar-refractivity contribution in [2.75, 3.05) is 54.8 Å². The van der Waals surface area contributed by atoms with Crippen molar-refractivity contribution in [2.24, 2.45) is 0 Å². The number of hydrogen-bond donors (Lipinski definition) is 1. The Morgan fingerprint density at radius 2 is 1.74 bits per heavy atom. The number of nitrogens with zero attached hydrogens (tertiary/aromatic N) is 6. The van der Waals surface area contributed by atoms with Crippen LogP contribution in [0.4, 0.5) is 11.6 Å². The van der Waals surface area contributed by atoms with Crippen LogP contribution in [-0.4, -0.2) is 89.5 Å². The number of thiazole rings is 1. The summed E-state index contributed by atoms with van der Waals surface area (Å²) in [4.78, 5) is 18.0. The summed E-state index contributed by atoms with van der Waals surface area (Å²) < 4.78 is 34.2. The molecule has 0 bridgehead atoms. The number of benzene rings is 1. The maximum atomic E-state index is 12.7. The minimum Gasteiger partial charge on any atom is -0.467 e. The van der Waals surface area contributed by atoms with E-state index in [9.17, 15) is 13.5 Å². The summed E-state index contributed by atoms with van der Waals surface area (Å²) in [6, 6.07) is 6.18. The number of aromatic nitrogens is 3. The number of rotatable bonds is 8. The van der Waals surface area contributed by atoms with Crippen LogP contribution in [0.5, 0.6) is 5.19 Å². The maximum absolute atomic E-state index is 12.7. The Morgan fingerprint density at radius 1 is 1.05 bits per heavy atom. The van der Waals surface area contributed by atoms with E-state index in [4.69, 9.17) is 9.72 Å². The average Bonchev–Trinajstić information content (AvgIpc) is 3.30. The van der Waals surface area contributed by atoms with Crippen molar-refractivity contribution in [1.29, 1.82) is 0 Å². The molecule has 38 heavy (non-hydrogen) atoms. The highest BCUT2D eigenvalue weighted by molar-refractivity contribution is 7.89. The molecule has 0 saturated carbocycles. The maximum Gasteiger partial charge on any atom is 0.274 e. The lowest BCUT2D eigenvalue weighted by Gasteiger charge is -2.35. The highest BCUT2D eigenvalue weighted by Gasteiger charge is 2.29. The van der Waals surface area contributed by atoms with Crippen LogP contribution < -0.4 is 14.5 Å². The minimum absolute atomic E-state index is 0.0368. The molecule has 206 valence electrons.